The number of alkyl halides is 3. The Hall–Kier alpha value is -2.84. The first-order chi connectivity index (χ1) is 11.8. The molecule has 9 heteroatoms. The molecule has 0 aliphatic rings. The van der Waals surface area contributed by atoms with E-state index in [9.17, 15) is 22.8 Å². The Balaban J connectivity index is 1.86. The molecule has 0 atom stereocenters. The van der Waals surface area contributed by atoms with Gasteiger partial charge in [-0.15, -0.1) is 0 Å². The summed E-state index contributed by atoms with van der Waals surface area (Å²) in [6.45, 7) is -0.902. The predicted octanol–water partition coefficient (Wildman–Crippen LogP) is 2.48. The van der Waals surface area contributed by atoms with Gasteiger partial charge in [0.1, 0.15) is 0 Å². The van der Waals surface area contributed by atoms with Crippen molar-refractivity contribution in [1.29, 1.82) is 0 Å². The summed E-state index contributed by atoms with van der Waals surface area (Å²) in [5.41, 5.74) is 0.710. The van der Waals surface area contributed by atoms with Gasteiger partial charge in [-0.3, -0.25) is 9.59 Å². The van der Waals surface area contributed by atoms with Gasteiger partial charge in [-0.2, -0.15) is 13.2 Å². The highest BCUT2D eigenvalue weighted by atomic mass is 19.4. The van der Waals surface area contributed by atoms with Crippen LogP contribution in [0, 0.1) is 0 Å². The zero-order chi connectivity index (χ0) is 18.4. The van der Waals surface area contributed by atoms with Crippen molar-refractivity contribution >= 4 is 11.8 Å². The highest BCUT2D eigenvalue weighted by Gasteiger charge is 2.28. The molecule has 0 bridgehead atoms. The van der Waals surface area contributed by atoms with Crippen LogP contribution in [-0.2, 0) is 4.79 Å². The number of carbonyl (C=O) groups excluding carboxylic acids is 2. The average Bonchev–Trinajstić information content (AvgIpc) is 3.07. The lowest BCUT2D eigenvalue weighted by molar-refractivity contribution is -0.143. The average molecular weight is 355 g/mol. The van der Waals surface area contributed by atoms with Gasteiger partial charge in [0.2, 0.25) is 5.91 Å². The smallest absolute Gasteiger partial charge is 0.355 e. The Morgan fingerprint density at radius 3 is 2.56 bits per heavy atom. The molecule has 0 saturated carbocycles. The van der Waals surface area contributed by atoms with Crippen LogP contribution in [-0.4, -0.2) is 48.2 Å². The minimum absolute atomic E-state index is 0.0235. The normalized spacial score (nSPS) is 11.2. The van der Waals surface area contributed by atoms with Crippen LogP contribution in [0.4, 0.5) is 13.2 Å². The Bertz CT molecular complexity index is 729. The van der Waals surface area contributed by atoms with Crippen LogP contribution in [0.2, 0.25) is 0 Å². The Morgan fingerprint density at radius 2 is 1.92 bits per heavy atom. The number of nitrogens with one attached hydrogen (secondary N) is 1. The lowest BCUT2D eigenvalue weighted by Gasteiger charge is -2.18. The van der Waals surface area contributed by atoms with Gasteiger partial charge in [0.05, 0.1) is 13.0 Å². The fourth-order valence-electron chi connectivity index (χ4n) is 1.92. The molecule has 134 valence electrons. The fraction of sp³-hybridized carbons (Fsp3) is 0.312. The van der Waals surface area contributed by atoms with Crippen molar-refractivity contribution in [3.05, 3.63) is 42.1 Å². The third kappa shape index (κ3) is 5.63. The van der Waals surface area contributed by atoms with Gasteiger partial charge in [-0.05, 0) is 0 Å². The van der Waals surface area contributed by atoms with E-state index < -0.39 is 37.5 Å². The molecule has 0 aliphatic carbocycles. The molecule has 0 spiro atoms. The molecule has 0 fully saturated rings. The number of rotatable bonds is 6. The van der Waals surface area contributed by atoms with E-state index >= 15 is 0 Å². The SMILES string of the molecule is CN(CCC(F)(F)F)C(=O)CNC(=O)c1cc(-c2ccccc2)on1. The van der Waals surface area contributed by atoms with E-state index in [0.29, 0.717) is 5.76 Å². The summed E-state index contributed by atoms with van der Waals surface area (Å²) >= 11 is 0. The Morgan fingerprint density at radius 1 is 1.24 bits per heavy atom. The molecule has 2 rings (SSSR count). The monoisotopic (exact) mass is 355 g/mol. The summed E-state index contributed by atoms with van der Waals surface area (Å²) in [5.74, 6) is -0.896. The molecular weight excluding hydrogens is 339 g/mol. The number of hydrogen-bond acceptors (Lipinski definition) is 4. The van der Waals surface area contributed by atoms with Crippen molar-refractivity contribution in [3.8, 4) is 11.3 Å². The van der Waals surface area contributed by atoms with E-state index in [0.717, 1.165) is 10.5 Å². The molecule has 1 aromatic carbocycles. The van der Waals surface area contributed by atoms with Crippen molar-refractivity contribution in [1.82, 2.24) is 15.4 Å². The van der Waals surface area contributed by atoms with Crippen LogP contribution in [0.5, 0.6) is 0 Å². The predicted molar refractivity (Wildman–Crippen MR) is 82.6 cm³/mol. The zero-order valence-electron chi connectivity index (χ0n) is 13.3. The number of amides is 2. The van der Waals surface area contributed by atoms with E-state index in [1.807, 2.05) is 6.07 Å². The third-order valence-corrected chi connectivity index (χ3v) is 3.36. The molecule has 0 saturated heterocycles. The molecule has 1 N–H and O–H groups in total. The minimum atomic E-state index is -4.34. The third-order valence-electron chi connectivity index (χ3n) is 3.36. The summed E-state index contributed by atoms with van der Waals surface area (Å²) in [7, 11) is 1.24. The number of carbonyl (C=O) groups is 2. The van der Waals surface area contributed by atoms with Gasteiger partial charge >= 0.3 is 6.18 Å². The molecule has 6 nitrogen and oxygen atoms in total. The van der Waals surface area contributed by atoms with Crippen molar-refractivity contribution in [2.75, 3.05) is 20.1 Å². The number of aromatic nitrogens is 1. The number of benzene rings is 1. The van der Waals surface area contributed by atoms with Gasteiger partial charge in [-0.25, -0.2) is 0 Å². The molecule has 0 aliphatic heterocycles. The molecule has 2 amide bonds. The maximum absolute atomic E-state index is 12.1. The van der Waals surface area contributed by atoms with Gasteiger partial charge < -0.3 is 14.7 Å². The molecule has 1 aromatic heterocycles. The Labute approximate surface area is 141 Å². The highest BCUT2D eigenvalue weighted by Crippen LogP contribution is 2.20. The van der Waals surface area contributed by atoms with E-state index in [1.54, 1.807) is 24.3 Å². The topological polar surface area (TPSA) is 75.4 Å². The van der Waals surface area contributed by atoms with Crippen LogP contribution in [0.15, 0.2) is 40.9 Å². The van der Waals surface area contributed by atoms with Crippen LogP contribution < -0.4 is 5.32 Å². The van der Waals surface area contributed by atoms with E-state index in [1.165, 1.54) is 13.1 Å². The van der Waals surface area contributed by atoms with Gasteiger partial charge in [-0.1, -0.05) is 35.5 Å². The van der Waals surface area contributed by atoms with E-state index in [-0.39, 0.29) is 5.69 Å². The lowest BCUT2D eigenvalue weighted by Crippen LogP contribution is -2.39. The molecule has 0 unspecified atom stereocenters. The summed E-state index contributed by atoms with van der Waals surface area (Å²) in [4.78, 5) is 24.6. The molecule has 0 radical (unpaired) electrons. The van der Waals surface area contributed by atoms with Crippen molar-refractivity contribution < 1.29 is 27.3 Å². The molecule has 25 heavy (non-hydrogen) atoms. The van der Waals surface area contributed by atoms with Crippen molar-refractivity contribution in [2.24, 2.45) is 0 Å². The first-order valence-electron chi connectivity index (χ1n) is 7.37. The van der Waals surface area contributed by atoms with Crippen LogP contribution in [0.3, 0.4) is 0 Å². The number of likely N-dealkylation sites (N-methyl/N-ethyl adjacent to an activating group) is 1. The van der Waals surface area contributed by atoms with E-state index in [4.69, 9.17) is 4.52 Å². The summed E-state index contributed by atoms with van der Waals surface area (Å²) in [6, 6.07) is 10.4. The highest BCUT2D eigenvalue weighted by molar-refractivity contribution is 5.95. The lowest BCUT2D eigenvalue weighted by atomic mass is 10.1. The minimum Gasteiger partial charge on any atom is -0.355 e. The number of halogens is 3. The molecule has 1 heterocycles. The maximum atomic E-state index is 12.1. The fourth-order valence-corrected chi connectivity index (χ4v) is 1.92. The first-order valence-corrected chi connectivity index (χ1v) is 7.37. The van der Waals surface area contributed by atoms with Crippen molar-refractivity contribution in [3.63, 3.8) is 0 Å². The number of hydrogen-bond donors (Lipinski definition) is 1. The van der Waals surface area contributed by atoms with Gasteiger partial charge in [0.25, 0.3) is 5.91 Å². The summed E-state index contributed by atoms with van der Waals surface area (Å²) in [6.07, 6.45) is -5.45. The standard InChI is InChI=1S/C16H16F3N3O3/c1-22(8-7-16(17,18)19)14(23)10-20-15(24)12-9-13(25-21-12)11-5-3-2-4-6-11/h2-6,9H,7-8,10H2,1H3,(H,20,24). The van der Waals surface area contributed by atoms with Gasteiger partial charge in [0, 0.05) is 25.2 Å². The number of nitrogens with zero attached hydrogens (tertiary/aromatic N) is 2. The summed E-state index contributed by atoms with van der Waals surface area (Å²) < 4.78 is 41.5. The first kappa shape index (κ1) is 18.5. The second kappa shape index (κ2) is 7.82. The van der Waals surface area contributed by atoms with E-state index in [2.05, 4.69) is 10.5 Å². The summed E-state index contributed by atoms with van der Waals surface area (Å²) in [5, 5.41) is 5.93. The second-order valence-corrected chi connectivity index (χ2v) is 5.31. The zero-order valence-corrected chi connectivity index (χ0v) is 13.3. The maximum Gasteiger partial charge on any atom is 0.390 e. The molecule has 2 aromatic rings. The van der Waals surface area contributed by atoms with Crippen LogP contribution in [0.1, 0.15) is 16.9 Å². The second-order valence-electron chi connectivity index (χ2n) is 5.31. The van der Waals surface area contributed by atoms with Crippen LogP contribution in [0.25, 0.3) is 11.3 Å². The Kier molecular flexibility index (Phi) is 5.79. The quantitative estimate of drug-likeness (QED) is 0.864. The molecular formula is C16H16F3N3O3. The van der Waals surface area contributed by atoms with Crippen molar-refractivity contribution in [2.45, 2.75) is 12.6 Å². The van der Waals surface area contributed by atoms with Crippen LogP contribution >= 0.6 is 0 Å². The largest absolute Gasteiger partial charge is 0.390 e. The van der Waals surface area contributed by atoms with Gasteiger partial charge in [0.15, 0.2) is 11.5 Å².